The van der Waals surface area contributed by atoms with Gasteiger partial charge in [0.2, 0.25) is 11.8 Å². The van der Waals surface area contributed by atoms with E-state index in [9.17, 15) is 14.4 Å². The van der Waals surface area contributed by atoms with Gasteiger partial charge in [-0.15, -0.1) is 0 Å². The van der Waals surface area contributed by atoms with Gasteiger partial charge in [0.15, 0.2) is 0 Å². The molecular weight excluding hydrogens is 240 g/mol. The minimum absolute atomic E-state index is 0.120. The summed E-state index contributed by atoms with van der Waals surface area (Å²) in [6, 6.07) is 0.120. The third-order valence-corrected chi connectivity index (χ3v) is 3.30. The van der Waals surface area contributed by atoms with E-state index in [1.807, 2.05) is 4.90 Å². The molecule has 18 heavy (non-hydrogen) atoms. The van der Waals surface area contributed by atoms with Crippen molar-refractivity contribution >= 4 is 17.8 Å². The molecule has 0 aromatic carbocycles. The highest BCUT2D eigenvalue weighted by Gasteiger charge is 2.36. The monoisotopic (exact) mass is 256 g/mol. The standard InChI is InChI=1S/C11H16N2O5/c14-9-2-1-8-5-12(3-4-13(8)9)10(15)6-18-7-11(16)17/h8H,1-7H2,(H,16,17). The molecule has 1 N–H and O–H groups in total. The first-order valence-electron chi connectivity index (χ1n) is 5.94. The van der Waals surface area contributed by atoms with Crippen LogP contribution in [0.2, 0.25) is 0 Å². The lowest BCUT2D eigenvalue weighted by molar-refractivity contribution is -0.148. The van der Waals surface area contributed by atoms with Crippen LogP contribution in [0.1, 0.15) is 12.8 Å². The van der Waals surface area contributed by atoms with Gasteiger partial charge in [-0.3, -0.25) is 9.59 Å². The summed E-state index contributed by atoms with van der Waals surface area (Å²) < 4.78 is 4.77. The van der Waals surface area contributed by atoms with Crippen molar-refractivity contribution in [2.45, 2.75) is 18.9 Å². The van der Waals surface area contributed by atoms with Gasteiger partial charge in [-0.05, 0) is 6.42 Å². The number of carboxylic acids is 1. The highest BCUT2D eigenvalue weighted by atomic mass is 16.5. The molecule has 2 saturated heterocycles. The van der Waals surface area contributed by atoms with E-state index in [4.69, 9.17) is 9.84 Å². The van der Waals surface area contributed by atoms with Gasteiger partial charge in [-0.1, -0.05) is 0 Å². The van der Waals surface area contributed by atoms with E-state index in [0.29, 0.717) is 26.1 Å². The zero-order valence-corrected chi connectivity index (χ0v) is 10.0. The molecule has 7 heteroatoms. The van der Waals surface area contributed by atoms with Crippen molar-refractivity contribution < 1.29 is 24.2 Å². The molecule has 2 aliphatic rings. The Labute approximate surface area is 104 Å². The maximum absolute atomic E-state index is 11.8. The smallest absolute Gasteiger partial charge is 0.329 e. The molecule has 2 heterocycles. The summed E-state index contributed by atoms with van der Waals surface area (Å²) in [7, 11) is 0. The van der Waals surface area contributed by atoms with E-state index >= 15 is 0 Å². The Bertz CT molecular complexity index is 370. The van der Waals surface area contributed by atoms with Crippen molar-refractivity contribution in [3.63, 3.8) is 0 Å². The average molecular weight is 256 g/mol. The molecule has 0 saturated carbocycles. The van der Waals surface area contributed by atoms with Crippen molar-refractivity contribution in [2.24, 2.45) is 0 Å². The maximum Gasteiger partial charge on any atom is 0.329 e. The molecule has 0 aliphatic carbocycles. The number of carbonyl (C=O) groups excluding carboxylic acids is 2. The highest BCUT2D eigenvalue weighted by Crippen LogP contribution is 2.22. The number of ether oxygens (including phenoxy) is 1. The molecule has 2 fully saturated rings. The first kappa shape index (κ1) is 12.8. The molecule has 2 rings (SSSR count). The molecule has 0 aromatic rings. The predicted molar refractivity (Wildman–Crippen MR) is 59.8 cm³/mol. The third-order valence-electron chi connectivity index (χ3n) is 3.30. The second-order valence-electron chi connectivity index (χ2n) is 4.51. The van der Waals surface area contributed by atoms with Crippen molar-refractivity contribution in [3.8, 4) is 0 Å². The zero-order chi connectivity index (χ0) is 13.1. The maximum atomic E-state index is 11.8. The summed E-state index contributed by atoms with van der Waals surface area (Å²) in [5, 5.41) is 8.39. The van der Waals surface area contributed by atoms with Crippen LogP contribution in [0.15, 0.2) is 0 Å². The van der Waals surface area contributed by atoms with E-state index in [-0.39, 0.29) is 24.5 Å². The van der Waals surface area contributed by atoms with E-state index in [1.165, 1.54) is 0 Å². The van der Waals surface area contributed by atoms with Crippen LogP contribution in [-0.2, 0) is 19.1 Å². The van der Waals surface area contributed by atoms with Gasteiger partial charge in [0.25, 0.3) is 0 Å². The van der Waals surface area contributed by atoms with Gasteiger partial charge in [0.1, 0.15) is 13.2 Å². The summed E-state index contributed by atoms with van der Waals surface area (Å²) >= 11 is 0. The minimum atomic E-state index is -1.09. The number of rotatable bonds is 4. The van der Waals surface area contributed by atoms with Crippen LogP contribution in [0.4, 0.5) is 0 Å². The van der Waals surface area contributed by atoms with Gasteiger partial charge < -0.3 is 19.6 Å². The number of carboxylic acid groups (broad SMARTS) is 1. The fourth-order valence-corrected chi connectivity index (χ4v) is 2.41. The van der Waals surface area contributed by atoms with Crippen molar-refractivity contribution in [1.82, 2.24) is 9.80 Å². The van der Waals surface area contributed by atoms with Crippen LogP contribution in [0.25, 0.3) is 0 Å². The summed E-state index contributed by atoms with van der Waals surface area (Å²) in [4.78, 5) is 36.9. The minimum Gasteiger partial charge on any atom is -0.480 e. The molecule has 0 spiro atoms. The summed E-state index contributed by atoms with van der Waals surface area (Å²) in [5.41, 5.74) is 0. The molecular formula is C11H16N2O5. The van der Waals surface area contributed by atoms with Crippen LogP contribution in [-0.4, -0.2) is 71.6 Å². The average Bonchev–Trinajstić information content (AvgIpc) is 2.70. The van der Waals surface area contributed by atoms with Gasteiger partial charge in [-0.25, -0.2) is 4.79 Å². The van der Waals surface area contributed by atoms with Crippen LogP contribution < -0.4 is 0 Å². The Morgan fingerprint density at radius 2 is 2.11 bits per heavy atom. The molecule has 1 unspecified atom stereocenters. The van der Waals surface area contributed by atoms with Crippen LogP contribution in [0.3, 0.4) is 0 Å². The molecule has 0 radical (unpaired) electrons. The highest BCUT2D eigenvalue weighted by molar-refractivity contribution is 5.81. The molecule has 0 aromatic heterocycles. The topological polar surface area (TPSA) is 87.2 Å². The third kappa shape index (κ3) is 2.79. The molecule has 2 amide bonds. The Hall–Kier alpha value is -1.63. The van der Waals surface area contributed by atoms with E-state index < -0.39 is 12.6 Å². The Kier molecular flexibility index (Phi) is 3.81. The summed E-state index contributed by atoms with van der Waals surface area (Å²) in [6.07, 6.45) is 1.35. The lowest BCUT2D eigenvalue weighted by atomic mass is 10.1. The van der Waals surface area contributed by atoms with E-state index in [1.54, 1.807) is 4.90 Å². The fraction of sp³-hybridized carbons (Fsp3) is 0.727. The van der Waals surface area contributed by atoms with E-state index in [2.05, 4.69) is 0 Å². The Morgan fingerprint density at radius 1 is 1.33 bits per heavy atom. The Balaban J connectivity index is 1.79. The van der Waals surface area contributed by atoms with Crippen LogP contribution >= 0.6 is 0 Å². The number of amides is 2. The number of nitrogens with zero attached hydrogens (tertiary/aromatic N) is 2. The molecule has 7 nitrogen and oxygen atoms in total. The normalized spacial score (nSPS) is 23.1. The van der Waals surface area contributed by atoms with Gasteiger partial charge in [0, 0.05) is 32.1 Å². The molecule has 2 aliphatic heterocycles. The lowest BCUT2D eigenvalue weighted by Gasteiger charge is -2.37. The lowest BCUT2D eigenvalue weighted by Crippen LogP contribution is -2.53. The largest absolute Gasteiger partial charge is 0.480 e. The van der Waals surface area contributed by atoms with Crippen molar-refractivity contribution in [1.29, 1.82) is 0 Å². The quantitative estimate of drug-likeness (QED) is 0.691. The number of piperazine rings is 1. The van der Waals surface area contributed by atoms with Crippen molar-refractivity contribution in [2.75, 3.05) is 32.8 Å². The number of aliphatic carboxylic acids is 1. The first-order valence-corrected chi connectivity index (χ1v) is 5.94. The second-order valence-corrected chi connectivity index (χ2v) is 4.51. The summed E-state index contributed by atoms with van der Waals surface area (Å²) in [6.45, 7) is 0.910. The van der Waals surface area contributed by atoms with Gasteiger partial charge in [-0.2, -0.15) is 0 Å². The molecule has 0 bridgehead atoms. The zero-order valence-electron chi connectivity index (χ0n) is 10.0. The van der Waals surface area contributed by atoms with Crippen LogP contribution in [0.5, 0.6) is 0 Å². The van der Waals surface area contributed by atoms with Gasteiger partial charge >= 0.3 is 5.97 Å². The second kappa shape index (κ2) is 5.34. The number of hydrogen-bond acceptors (Lipinski definition) is 4. The molecule has 1 atom stereocenters. The SMILES string of the molecule is O=C(O)COCC(=O)N1CCN2C(=O)CCC2C1. The van der Waals surface area contributed by atoms with E-state index in [0.717, 1.165) is 6.42 Å². The fourth-order valence-electron chi connectivity index (χ4n) is 2.41. The number of fused-ring (bicyclic) bond motifs is 1. The van der Waals surface area contributed by atoms with Crippen LogP contribution in [0, 0.1) is 0 Å². The summed E-state index contributed by atoms with van der Waals surface area (Å²) in [5.74, 6) is -1.14. The first-order chi connectivity index (χ1) is 8.58. The number of hydrogen-bond donors (Lipinski definition) is 1. The van der Waals surface area contributed by atoms with Crippen molar-refractivity contribution in [3.05, 3.63) is 0 Å². The van der Waals surface area contributed by atoms with Gasteiger partial charge in [0.05, 0.1) is 0 Å². The predicted octanol–water partition coefficient (Wildman–Crippen LogP) is -1.08. The number of carbonyl (C=O) groups is 3. The Morgan fingerprint density at radius 3 is 2.83 bits per heavy atom. The molecule has 100 valence electrons.